The zero-order valence-electron chi connectivity index (χ0n) is 10.1. The van der Waals surface area contributed by atoms with Gasteiger partial charge in [-0.05, 0) is 19.9 Å². The van der Waals surface area contributed by atoms with E-state index in [1.165, 1.54) is 0 Å². The lowest BCUT2D eigenvalue weighted by Crippen LogP contribution is -2.15. The lowest BCUT2D eigenvalue weighted by Gasteiger charge is -2.09. The summed E-state index contributed by atoms with van der Waals surface area (Å²) in [5.74, 6) is 0.618. The molecule has 18 heavy (non-hydrogen) atoms. The second-order valence-corrected chi connectivity index (χ2v) is 4.72. The van der Waals surface area contributed by atoms with Crippen LogP contribution in [0.15, 0.2) is 34.9 Å². The molecule has 0 saturated carbocycles. The SMILES string of the molecule is CC(C)(O)c1nnc(-c2c[nH]c3ccccc23)o1. The summed E-state index contributed by atoms with van der Waals surface area (Å²) in [5.41, 5.74) is 0.723. The lowest BCUT2D eigenvalue weighted by atomic mass is 10.1. The first-order valence-corrected chi connectivity index (χ1v) is 5.68. The number of aromatic amines is 1. The number of nitrogens with zero attached hydrogens (tertiary/aromatic N) is 2. The molecule has 3 aromatic rings. The number of nitrogens with one attached hydrogen (secondary N) is 1. The van der Waals surface area contributed by atoms with Crippen LogP contribution < -0.4 is 0 Å². The minimum Gasteiger partial charge on any atom is -0.417 e. The monoisotopic (exact) mass is 243 g/mol. The average molecular weight is 243 g/mol. The number of aromatic nitrogens is 3. The number of para-hydroxylation sites is 1. The Bertz CT molecular complexity index is 691. The number of H-pyrrole nitrogens is 1. The van der Waals surface area contributed by atoms with Gasteiger partial charge in [-0.15, -0.1) is 10.2 Å². The predicted octanol–water partition coefficient (Wildman–Crippen LogP) is 2.45. The fourth-order valence-corrected chi connectivity index (χ4v) is 1.83. The summed E-state index contributed by atoms with van der Waals surface area (Å²) < 4.78 is 5.51. The van der Waals surface area contributed by atoms with Crippen LogP contribution in [0.3, 0.4) is 0 Å². The minimum atomic E-state index is -1.13. The summed E-state index contributed by atoms with van der Waals surface area (Å²) in [6.07, 6.45) is 1.83. The van der Waals surface area contributed by atoms with Crippen molar-refractivity contribution in [2.45, 2.75) is 19.4 Å². The molecule has 0 bridgehead atoms. The average Bonchev–Trinajstić information content (AvgIpc) is 2.94. The van der Waals surface area contributed by atoms with Gasteiger partial charge in [-0.1, -0.05) is 18.2 Å². The first-order chi connectivity index (χ1) is 8.55. The van der Waals surface area contributed by atoms with Gasteiger partial charge >= 0.3 is 0 Å². The molecular weight excluding hydrogens is 230 g/mol. The van der Waals surface area contributed by atoms with Gasteiger partial charge in [-0.25, -0.2) is 0 Å². The lowest BCUT2D eigenvalue weighted by molar-refractivity contribution is 0.0488. The van der Waals surface area contributed by atoms with Gasteiger partial charge < -0.3 is 14.5 Å². The normalized spacial score (nSPS) is 12.2. The summed E-state index contributed by atoms with van der Waals surface area (Å²) in [7, 11) is 0. The molecule has 0 aliphatic rings. The highest BCUT2D eigenvalue weighted by Gasteiger charge is 2.24. The van der Waals surface area contributed by atoms with E-state index in [1.54, 1.807) is 13.8 Å². The van der Waals surface area contributed by atoms with E-state index >= 15 is 0 Å². The van der Waals surface area contributed by atoms with Crippen LogP contribution >= 0.6 is 0 Å². The van der Waals surface area contributed by atoms with E-state index in [0.29, 0.717) is 5.89 Å². The predicted molar refractivity (Wildman–Crippen MR) is 66.8 cm³/mol. The van der Waals surface area contributed by atoms with Crippen molar-refractivity contribution < 1.29 is 9.52 Å². The van der Waals surface area contributed by atoms with Crippen LogP contribution in [0.1, 0.15) is 19.7 Å². The van der Waals surface area contributed by atoms with Gasteiger partial charge in [0.05, 0.1) is 5.56 Å². The standard InChI is InChI=1S/C13H13N3O2/c1-13(2,17)12-16-15-11(18-12)9-7-14-10-6-4-3-5-8(9)10/h3-7,14,17H,1-2H3. The first-order valence-electron chi connectivity index (χ1n) is 5.68. The molecule has 0 fully saturated rings. The number of fused-ring (bicyclic) bond motifs is 1. The molecule has 2 aromatic heterocycles. The van der Waals surface area contributed by atoms with Crippen LogP contribution in [0, 0.1) is 0 Å². The van der Waals surface area contributed by atoms with E-state index in [9.17, 15) is 5.11 Å². The van der Waals surface area contributed by atoms with Gasteiger partial charge in [0.25, 0.3) is 0 Å². The Morgan fingerprint density at radius 3 is 2.72 bits per heavy atom. The maximum absolute atomic E-state index is 9.81. The number of hydrogen-bond donors (Lipinski definition) is 2. The van der Waals surface area contributed by atoms with Gasteiger partial charge in [0.15, 0.2) is 0 Å². The largest absolute Gasteiger partial charge is 0.417 e. The summed E-state index contributed by atoms with van der Waals surface area (Å²) >= 11 is 0. The van der Waals surface area contributed by atoms with Crippen molar-refractivity contribution in [3.63, 3.8) is 0 Å². The van der Waals surface area contributed by atoms with Crippen LogP contribution in [0.5, 0.6) is 0 Å². The van der Waals surface area contributed by atoms with Crippen molar-refractivity contribution >= 4 is 10.9 Å². The molecule has 92 valence electrons. The molecule has 0 unspecified atom stereocenters. The van der Waals surface area contributed by atoms with Crippen molar-refractivity contribution in [2.75, 3.05) is 0 Å². The Hall–Kier alpha value is -2.14. The molecular formula is C13H13N3O2. The molecule has 0 atom stereocenters. The van der Waals surface area contributed by atoms with Crippen LogP contribution in [-0.4, -0.2) is 20.3 Å². The molecule has 0 spiro atoms. The van der Waals surface area contributed by atoms with Crippen LogP contribution in [0.4, 0.5) is 0 Å². The van der Waals surface area contributed by atoms with Crippen molar-refractivity contribution in [1.82, 2.24) is 15.2 Å². The van der Waals surface area contributed by atoms with Gasteiger partial charge in [0.2, 0.25) is 11.8 Å². The fraction of sp³-hybridized carbons (Fsp3) is 0.231. The second kappa shape index (κ2) is 3.68. The fourth-order valence-electron chi connectivity index (χ4n) is 1.83. The summed E-state index contributed by atoms with van der Waals surface area (Å²) in [6, 6.07) is 7.87. The molecule has 1 aromatic carbocycles. The summed E-state index contributed by atoms with van der Waals surface area (Å²) in [6.45, 7) is 3.22. The van der Waals surface area contributed by atoms with E-state index in [0.717, 1.165) is 16.5 Å². The molecule has 5 nitrogen and oxygen atoms in total. The molecule has 5 heteroatoms. The van der Waals surface area contributed by atoms with Gasteiger partial charge in [-0.3, -0.25) is 0 Å². The summed E-state index contributed by atoms with van der Waals surface area (Å²) in [4.78, 5) is 3.14. The number of benzene rings is 1. The third-order valence-corrected chi connectivity index (χ3v) is 2.77. The molecule has 0 aliphatic carbocycles. The third-order valence-electron chi connectivity index (χ3n) is 2.77. The van der Waals surface area contributed by atoms with Crippen molar-refractivity contribution in [1.29, 1.82) is 0 Å². The Morgan fingerprint density at radius 1 is 1.22 bits per heavy atom. The molecule has 3 rings (SSSR count). The Balaban J connectivity index is 2.13. The Morgan fingerprint density at radius 2 is 2.00 bits per heavy atom. The van der Waals surface area contributed by atoms with E-state index < -0.39 is 5.60 Å². The number of rotatable bonds is 2. The second-order valence-electron chi connectivity index (χ2n) is 4.72. The van der Waals surface area contributed by atoms with Gasteiger partial charge in [0.1, 0.15) is 5.60 Å². The number of hydrogen-bond acceptors (Lipinski definition) is 4. The number of aliphatic hydroxyl groups is 1. The molecule has 2 heterocycles. The van der Waals surface area contributed by atoms with Crippen molar-refractivity contribution in [2.24, 2.45) is 0 Å². The maximum atomic E-state index is 9.81. The highest BCUT2D eigenvalue weighted by molar-refractivity contribution is 5.93. The molecule has 0 saturated heterocycles. The zero-order valence-corrected chi connectivity index (χ0v) is 10.1. The highest BCUT2D eigenvalue weighted by atomic mass is 16.4. The van der Waals surface area contributed by atoms with Gasteiger partial charge in [0, 0.05) is 17.1 Å². The zero-order chi connectivity index (χ0) is 12.8. The van der Waals surface area contributed by atoms with E-state index in [4.69, 9.17) is 4.42 Å². The van der Waals surface area contributed by atoms with Crippen molar-refractivity contribution in [3.8, 4) is 11.5 Å². The highest BCUT2D eigenvalue weighted by Crippen LogP contribution is 2.29. The van der Waals surface area contributed by atoms with E-state index in [-0.39, 0.29) is 5.89 Å². The first kappa shape index (κ1) is 11.0. The molecule has 0 aliphatic heterocycles. The molecule has 0 amide bonds. The topological polar surface area (TPSA) is 74.9 Å². The van der Waals surface area contributed by atoms with Crippen LogP contribution in [0.2, 0.25) is 0 Å². The maximum Gasteiger partial charge on any atom is 0.250 e. The quantitative estimate of drug-likeness (QED) is 0.725. The Labute approximate surface area is 103 Å². The van der Waals surface area contributed by atoms with E-state index in [1.807, 2.05) is 30.5 Å². The van der Waals surface area contributed by atoms with E-state index in [2.05, 4.69) is 15.2 Å². The summed E-state index contributed by atoms with van der Waals surface area (Å²) in [5, 5.41) is 18.7. The third kappa shape index (κ3) is 1.69. The minimum absolute atomic E-state index is 0.211. The van der Waals surface area contributed by atoms with Crippen LogP contribution in [-0.2, 0) is 5.60 Å². The van der Waals surface area contributed by atoms with Crippen molar-refractivity contribution in [3.05, 3.63) is 36.4 Å². The van der Waals surface area contributed by atoms with Gasteiger partial charge in [-0.2, -0.15) is 0 Å². The van der Waals surface area contributed by atoms with Crippen LogP contribution in [0.25, 0.3) is 22.4 Å². The molecule has 0 radical (unpaired) electrons. The Kier molecular flexibility index (Phi) is 2.24. The molecule has 2 N–H and O–H groups in total. The smallest absolute Gasteiger partial charge is 0.250 e.